The van der Waals surface area contributed by atoms with Gasteiger partial charge < -0.3 is 15.8 Å². The molecule has 1 atom stereocenters. The minimum absolute atomic E-state index is 0.284. The lowest BCUT2D eigenvalue weighted by Gasteiger charge is -2.24. The molecule has 0 amide bonds. The first-order chi connectivity index (χ1) is 9.54. The van der Waals surface area contributed by atoms with E-state index in [2.05, 4.69) is 12.2 Å². The number of nitrogens with one attached hydrogen (secondary N) is 1. The molecule has 0 saturated carbocycles. The molecule has 110 valence electrons. The number of thioether (sulfide) groups is 1. The fourth-order valence-corrected chi connectivity index (χ4v) is 3.57. The predicted octanol–water partition coefficient (Wildman–Crippen LogP) is 3.14. The van der Waals surface area contributed by atoms with Crippen LogP contribution in [0.5, 0.6) is 0 Å². The smallest absolute Gasteiger partial charge is 0.338 e. The molecular weight excluding hydrogens is 272 g/mol. The first kappa shape index (κ1) is 15.0. The molecule has 1 aliphatic rings. The standard InChI is InChI=1S/C15H22N2O2S/c1-3-19-14(18)11-5-6-13(12(16)9-11)17-10-15(2)7-4-8-20-15/h5-6,9,17H,3-4,7-8,10,16H2,1-2H3. The lowest BCUT2D eigenvalue weighted by molar-refractivity contribution is 0.0526. The summed E-state index contributed by atoms with van der Waals surface area (Å²) in [4.78, 5) is 11.6. The summed E-state index contributed by atoms with van der Waals surface area (Å²) in [6, 6.07) is 5.27. The van der Waals surface area contributed by atoms with Crippen LogP contribution in [0.2, 0.25) is 0 Å². The molecule has 20 heavy (non-hydrogen) atoms. The highest BCUT2D eigenvalue weighted by Crippen LogP contribution is 2.38. The van der Waals surface area contributed by atoms with Crippen LogP contribution in [0.1, 0.15) is 37.0 Å². The Morgan fingerprint density at radius 1 is 1.55 bits per heavy atom. The van der Waals surface area contributed by atoms with Gasteiger partial charge in [-0.1, -0.05) is 0 Å². The first-order valence-electron chi connectivity index (χ1n) is 6.98. The van der Waals surface area contributed by atoms with E-state index in [0.717, 1.165) is 12.2 Å². The zero-order valence-electron chi connectivity index (χ0n) is 12.1. The van der Waals surface area contributed by atoms with Gasteiger partial charge in [0.25, 0.3) is 0 Å². The van der Waals surface area contributed by atoms with E-state index in [0.29, 0.717) is 17.9 Å². The Hall–Kier alpha value is -1.36. The van der Waals surface area contributed by atoms with Crippen molar-refractivity contribution < 1.29 is 9.53 Å². The van der Waals surface area contributed by atoms with Crippen LogP contribution in [0.3, 0.4) is 0 Å². The zero-order valence-corrected chi connectivity index (χ0v) is 12.9. The quantitative estimate of drug-likeness (QED) is 0.645. The van der Waals surface area contributed by atoms with Gasteiger partial charge in [-0.05, 0) is 50.6 Å². The second-order valence-electron chi connectivity index (χ2n) is 5.28. The molecule has 0 radical (unpaired) electrons. The number of anilines is 2. The lowest BCUT2D eigenvalue weighted by atomic mass is 10.1. The number of ether oxygens (including phenoxy) is 1. The van der Waals surface area contributed by atoms with Crippen molar-refractivity contribution in [2.45, 2.75) is 31.4 Å². The third-order valence-electron chi connectivity index (χ3n) is 3.52. The van der Waals surface area contributed by atoms with Crippen LogP contribution in [0, 0.1) is 0 Å². The minimum Gasteiger partial charge on any atom is -0.462 e. The van der Waals surface area contributed by atoms with Gasteiger partial charge in [-0.2, -0.15) is 11.8 Å². The van der Waals surface area contributed by atoms with Crippen molar-refractivity contribution in [3.05, 3.63) is 23.8 Å². The maximum Gasteiger partial charge on any atom is 0.338 e. The van der Waals surface area contributed by atoms with Gasteiger partial charge in [-0.15, -0.1) is 0 Å². The van der Waals surface area contributed by atoms with Gasteiger partial charge in [0.05, 0.1) is 23.5 Å². The maximum atomic E-state index is 11.6. The van der Waals surface area contributed by atoms with Crippen LogP contribution >= 0.6 is 11.8 Å². The number of nitrogens with two attached hydrogens (primary N) is 1. The average Bonchev–Trinajstić information content (AvgIpc) is 2.85. The van der Waals surface area contributed by atoms with Crippen molar-refractivity contribution in [1.29, 1.82) is 0 Å². The van der Waals surface area contributed by atoms with Crippen molar-refractivity contribution in [1.82, 2.24) is 0 Å². The van der Waals surface area contributed by atoms with Crippen molar-refractivity contribution in [2.24, 2.45) is 0 Å². The molecule has 1 aromatic carbocycles. The van der Waals surface area contributed by atoms with Crippen LogP contribution in [-0.4, -0.2) is 29.6 Å². The number of esters is 1. The molecule has 0 bridgehead atoms. The Morgan fingerprint density at radius 2 is 2.35 bits per heavy atom. The molecule has 5 heteroatoms. The fraction of sp³-hybridized carbons (Fsp3) is 0.533. The summed E-state index contributed by atoms with van der Waals surface area (Å²) in [6.07, 6.45) is 2.51. The third-order valence-corrected chi connectivity index (χ3v) is 5.05. The molecule has 2 rings (SSSR count). The Bertz CT molecular complexity index is 485. The largest absolute Gasteiger partial charge is 0.462 e. The van der Waals surface area contributed by atoms with E-state index in [4.69, 9.17) is 10.5 Å². The number of rotatable bonds is 5. The van der Waals surface area contributed by atoms with Crippen LogP contribution in [0.15, 0.2) is 18.2 Å². The van der Waals surface area contributed by atoms with Gasteiger partial charge in [0.15, 0.2) is 0 Å². The van der Waals surface area contributed by atoms with Crippen molar-refractivity contribution in [3.8, 4) is 0 Å². The Balaban J connectivity index is 2.00. The molecule has 1 aromatic rings. The maximum absolute atomic E-state index is 11.6. The first-order valence-corrected chi connectivity index (χ1v) is 7.97. The second-order valence-corrected chi connectivity index (χ2v) is 6.96. The molecule has 0 spiro atoms. The molecule has 1 fully saturated rings. The third kappa shape index (κ3) is 3.60. The molecular formula is C15H22N2O2S. The number of benzene rings is 1. The summed E-state index contributed by atoms with van der Waals surface area (Å²) in [7, 11) is 0. The van der Waals surface area contributed by atoms with Gasteiger partial charge in [0.2, 0.25) is 0 Å². The van der Waals surface area contributed by atoms with E-state index in [-0.39, 0.29) is 10.7 Å². The molecule has 1 unspecified atom stereocenters. The highest BCUT2D eigenvalue weighted by Gasteiger charge is 2.29. The Morgan fingerprint density at radius 3 is 2.95 bits per heavy atom. The summed E-state index contributed by atoms with van der Waals surface area (Å²) in [5.74, 6) is 0.902. The molecule has 4 nitrogen and oxygen atoms in total. The highest BCUT2D eigenvalue weighted by atomic mass is 32.2. The fourth-order valence-electron chi connectivity index (χ4n) is 2.32. The highest BCUT2D eigenvalue weighted by molar-refractivity contribution is 8.00. The summed E-state index contributed by atoms with van der Waals surface area (Å²) >= 11 is 2.01. The SMILES string of the molecule is CCOC(=O)c1ccc(NCC2(C)CCCS2)c(N)c1. The van der Waals surface area contributed by atoms with Gasteiger partial charge in [0.1, 0.15) is 0 Å². The topological polar surface area (TPSA) is 64.3 Å². The van der Waals surface area contributed by atoms with Crippen LogP contribution in [-0.2, 0) is 4.74 Å². The van der Waals surface area contributed by atoms with Gasteiger partial charge >= 0.3 is 5.97 Å². The van der Waals surface area contributed by atoms with E-state index in [1.165, 1.54) is 18.6 Å². The van der Waals surface area contributed by atoms with Crippen molar-refractivity contribution in [2.75, 3.05) is 30.0 Å². The average molecular weight is 294 g/mol. The van der Waals surface area contributed by atoms with Gasteiger partial charge in [-0.25, -0.2) is 4.79 Å². The molecule has 3 N–H and O–H groups in total. The molecule has 1 heterocycles. The van der Waals surface area contributed by atoms with Gasteiger partial charge in [0, 0.05) is 11.3 Å². The van der Waals surface area contributed by atoms with Crippen LogP contribution in [0.25, 0.3) is 0 Å². The number of nitrogen functional groups attached to an aromatic ring is 1. The van der Waals surface area contributed by atoms with Crippen LogP contribution in [0.4, 0.5) is 11.4 Å². The minimum atomic E-state index is -0.330. The van der Waals surface area contributed by atoms with E-state index < -0.39 is 0 Å². The van der Waals surface area contributed by atoms with Crippen molar-refractivity contribution in [3.63, 3.8) is 0 Å². The number of carbonyl (C=O) groups excluding carboxylic acids is 1. The molecule has 1 saturated heterocycles. The monoisotopic (exact) mass is 294 g/mol. The summed E-state index contributed by atoms with van der Waals surface area (Å²) in [5.41, 5.74) is 7.97. The Kier molecular flexibility index (Phi) is 4.81. The second kappa shape index (κ2) is 6.39. The predicted molar refractivity (Wildman–Crippen MR) is 85.4 cm³/mol. The summed E-state index contributed by atoms with van der Waals surface area (Å²) in [5, 5.41) is 3.40. The van der Waals surface area contributed by atoms with Crippen LogP contribution < -0.4 is 11.1 Å². The molecule has 1 aliphatic heterocycles. The van der Waals surface area contributed by atoms with E-state index in [1.807, 2.05) is 17.8 Å². The number of carbonyl (C=O) groups is 1. The number of hydrogen-bond acceptors (Lipinski definition) is 5. The summed E-state index contributed by atoms with van der Waals surface area (Å²) < 4.78 is 5.25. The van der Waals surface area contributed by atoms with E-state index >= 15 is 0 Å². The molecule has 0 aliphatic carbocycles. The Labute approximate surface area is 124 Å². The van der Waals surface area contributed by atoms with E-state index in [1.54, 1.807) is 19.1 Å². The zero-order chi connectivity index (χ0) is 14.6. The lowest BCUT2D eigenvalue weighted by Crippen LogP contribution is -2.27. The summed E-state index contributed by atoms with van der Waals surface area (Å²) in [6.45, 7) is 5.33. The number of hydrogen-bond donors (Lipinski definition) is 2. The van der Waals surface area contributed by atoms with Crippen molar-refractivity contribution >= 4 is 29.1 Å². The van der Waals surface area contributed by atoms with Gasteiger partial charge in [-0.3, -0.25) is 0 Å². The molecule has 0 aromatic heterocycles. The van der Waals surface area contributed by atoms with E-state index in [9.17, 15) is 4.79 Å². The normalized spacial score (nSPS) is 21.7.